The topological polar surface area (TPSA) is 47.8 Å². The summed E-state index contributed by atoms with van der Waals surface area (Å²) in [6, 6.07) is 11.2. The van der Waals surface area contributed by atoms with E-state index in [4.69, 9.17) is 0 Å². The molecule has 4 rings (SSSR count). The Morgan fingerprint density at radius 1 is 1.27 bits per heavy atom. The van der Waals surface area contributed by atoms with Crippen LogP contribution in [-0.4, -0.2) is 21.2 Å². The zero-order chi connectivity index (χ0) is 15.1. The van der Waals surface area contributed by atoms with Crippen molar-refractivity contribution in [1.29, 1.82) is 0 Å². The molecule has 0 amide bonds. The highest BCUT2D eigenvalue weighted by atomic mass is 19.1. The van der Waals surface area contributed by atoms with Crippen LogP contribution in [0, 0.1) is 5.92 Å². The van der Waals surface area contributed by atoms with Gasteiger partial charge >= 0.3 is 0 Å². The normalized spacial score (nSPS) is 16.9. The van der Waals surface area contributed by atoms with Crippen LogP contribution < -0.4 is 5.56 Å². The van der Waals surface area contributed by atoms with Gasteiger partial charge in [0.25, 0.3) is 5.56 Å². The third-order valence-corrected chi connectivity index (χ3v) is 4.13. The van der Waals surface area contributed by atoms with Gasteiger partial charge in [0, 0.05) is 30.6 Å². The van der Waals surface area contributed by atoms with Crippen LogP contribution in [0.2, 0.25) is 0 Å². The molecule has 0 saturated heterocycles. The highest BCUT2D eigenvalue weighted by Crippen LogP contribution is 2.23. The monoisotopic (exact) mass is 295 g/mol. The molecule has 0 spiro atoms. The van der Waals surface area contributed by atoms with E-state index in [0.717, 1.165) is 11.3 Å². The molecule has 2 aromatic heterocycles. The number of pyridine rings is 1. The Balaban J connectivity index is 1.89. The maximum absolute atomic E-state index is 12.9. The summed E-state index contributed by atoms with van der Waals surface area (Å²) in [6.45, 7) is 0.00787. The second-order valence-electron chi connectivity index (χ2n) is 5.62. The van der Waals surface area contributed by atoms with E-state index >= 15 is 0 Å². The smallest absolute Gasteiger partial charge is 0.261 e. The fourth-order valence-corrected chi connectivity index (χ4v) is 2.99. The maximum atomic E-state index is 12.9. The Hall–Kier alpha value is -2.56. The molecule has 4 nitrogen and oxygen atoms in total. The number of alkyl halides is 1. The summed E-state index contributed by atoms with van der Waals surface area (Å²) in [6.07, 6.45) is 2.26. The quantitative estimate of drug-likeness (QED) is 0.730. The average molecular weight is 295 g/mol. The van der Waals surface area contributed by atoms with E-state index in [9.17, 15) is 9.18 Å². The highest BCUT2D eigenvalue weighted by Gasteiger charge is 2.24. The molecule has 1 unspecified atom stereocenters. The molecule has 0 N–H and O–H groups in total. The molecule has 1 aliphatic rings. The second-order valence-corrected chi connectivity index (χ2v) is 5.62. The van der Waals surface area contributed by atoms with Crippen molar-refractivity contribution in [2.24, 2.45) is 5.92 Å². The van der Waals surface area contributed by atoms with Crippen molar-refractivity contribution >= 4 is 10.9 Å². The van der Waals surface area contributed by atoms with Gasteiger partial charge in [-0.3, -0.25) is 18.7 Å². The standard InChI is InChI=1S/C17H14FN3O/c18-9-11-7-16-20-15-8-12(14-3-1-2-6-19-14)4-5-13(15)17(22)21(16)10-11/h1-6,8,11H,7,9-10H2. The molecule has 3 aromatic rings. The predicted octanol–water partition coefficient (Wildman–Crippen LogP) is 2.60. The number of fused-ring (bicyclic) bond motifs is 2. The van der Waals surface area contributed by atoms with E-state index in [1.807, 2.05) is 30.3 Å². The predicted molar refractivity (Wildman–Crippen MR) is 82.4 cm³/mol. The van der Waals surface area contributed by atoms with Crippen molar-refractivity contribution in [3.8, 4) is 11.3 Å². The number of halogens is 1. The van der Waals surface area contributed by atoms with Crippen molar-refractivity contribution in [3.05, 3.63) is 58.8 Å². The van der Waals surface area contributed by atoms with Crippen molar-refractivity contribution in [1.82, 2.24) is 14.5 Å². The van der Waals surface area contributed by atoms with E-state index in [0.29, 0.717) is 29.7 Å². The number of hydrogen-bond acceptors (Lipinski definition) is 3. The first kappa shape index (κ1) is 13.1. The van der Waals surface area contributed by atoms with Crippen LogP contribution in [0.15, 0.2) is 47.4 Å². The molecule has 3 heterocycles. The van der Waals surface area contributed by atoms with E-state index in [2.05, 4.69) is 9.97 Å². The molecule has 1 aliphatic heterocycles. The van der Waals surface area contributed by atoms with E-state index in [1.165, 1.54) is 0 Å². The largest absolute Gasteiger partial charge is 0.296 e. The minimum atomic E-state index is -0.418. The minimum Gasteiger partial charge on any atom is -0.296 e. The van der Waals surface area contributed by atoms with Gasteiger partial charge in [0.2, 0.25) is 0 Å². The summed E-state index contributed by atoms with van der Waals surface area (Å²) in [5.41, 5.74) is 2.33. The number of rotatable bonds is 2. The van der Waals surface area contributed by atoms with E-state index in [-0.39, 0.29) is 11.5 Å². The molecular formula is C17H14FN3O. The lowest BCUT2D eigenvalue weighted by Crippen LogP contribution is -2.21. The molecule has 110 valence electrons. The molecule has 0 aliphatic carbocycles. The van der Waals surface area contributed by atoms with Crippen LogP contribution in [0.4, 0.5) is 4.39 Å². The van der Waals surface area contributed by atoms with Gasteiger partial charge in [0.1, 0.15) is 5.82 Å². The molecule has 1 aromatic carbocycles. The molecular weight excluding hydrogens is 281 g/mol. The van der Waals surface area contributed by atoms with Crippen molar-refractivity contribution in [2.75, 3.05) is 6.67 Å². The number of hydrogen-bond donors (Lipinski definition) is 0. The molecule has 22 heavy (non-hydrogen) atoms. The SMILES string of the molecule is O=c1c2ccc(-c3ccccn3)cc2nc2n1CC(CF)C2. The summed E-state index contributed by atoms with van der Waals surface area (Å²) in [4.78, 5) is 21.4. The van der Waals surface area contributed by atoms with Gasteiger partial charge < -0.3 is 0 Å². The molecule has 0 bridgehead atoms. The van der Waals surface area contributed by atoms with Gasteiger partial charge in [0.15, 0.2) is 0 Å². The first-order valence-electron chi connectivity index (χ1n) is 7.27. The molecule has 1 atom stereocenters. The lowest BCUT2D eigenvalue weighted by Gasteiger charge is -2.06. The summed E-state index contributed by atoms with van der Waals surface area (Å²) < 4.78 is 14.5. The third kappa shape index (κ3) is 2.01. The van der Waals surface area contributed by atoms with Gasteiger partial charge in [-0.2, -0.15) is 0 Å². The van der Waals surface area contributed by atoms with Crippen LogP contribution in [0.1, 0.15) is 5.82 Å². The van der Waals surface area contributed by atoms with Gasteiger partial charge in [-0.1, -0.05) is 12.1 Å². The van der Waals surface area contributed by atoms with Crippen molar-refractivity contribution < 1.29 is 4.39 Å². The molecule has 0 fully saturated rings. The fraction of sp³-hybridized carbons (Fsp3) is 0.235. The Labute approximate surface area is 126 Å². The third-order valence-electron chi connectivity index (χ3n) is 4.13. The Bertz CT molecular complexity index is 905. The lowest BCUT2D eigenvalue weighted by molar-refractivity contribution is 0.355. The Morgan fingerprint density at radius 2 is 2.18 bits per heavy atom. The number of nitrogens with zero attached hydrogens (tertiary/aromatic N) is 3. The number of benzene rings is 1. The maximum Gasteiger partial charge on any atom is 0.261 e. The molecule has 0 saturated carbocycles. The van der Waals surface area contributed by atoms with Crippen molar-refractivity contribution in [3.63, 3.8) is 0 Å². The minimum absolute atomic E-state index is 0.0801. The van der Waals surface area contributed by atoms with Crippen LogP contribution >= 0.6 is 0 Å². The van der Waals surface area contributed by atoms with Crippen LogP contribution in [0.5, 0.6) is 0 Å². The second kappa shape index (κ2) is 5.02. The highest BCUT2D eigenvalue weighted by molar-refractivity contribution is 5.83. The van der Waals surface area contributed by atoms with Crippen LogP contribution in [0.25, 0.3) is 22.2 Å². The molecule has 5 heteroatoms. The average Bonchev–Trinajstić information content (AvgIpc) is 2.99. The Morgan fingerprint density at radius 3 is 2.95 bits per heavy atom. The number of aromatic nitrogens is 3. The van der Waals surface area contributed by atoms with E-state index in [1.54, 1.807) is 16.8 Å². The lowest BCUT2D eigenvalue weighted by atomic mass is 10.1. The zero-order valence-electron chi connectivity index (χ0n) is 11.9. The first-order chi connectivity index (χ1) is 10.8. The summed E-state index contributed by atoms with van der Waals surface area (Å²) in [5.74, 6) is 0.547. The Kier molecular flexibility index (Phi) is 2.99. The summed E-state index contributed by atoms with van der Waals surface area (Å²) in [7, 11) is 0. The first-order valence-corrected chi connectivity index (χ1v) is 7.27. The zero-order valence-corrected chi connectivity index (χ0v) is 11.9. The van der Waals surface area contributed by atoms with Crippen LogP contribution in [0.3, 0.4) is 0 Å². The van der Waals surface area contributed by atoms with Crippen LogP contribution in [-0.2, 0) is 13.0 Å². The van der Waals surface area contributed by atoms with Gasteiger partial charge in [-0.15, -0.1) is 0 Å². The summed E-state index contributed by atoms with van der Waals surface area (Å²) >= 11 is 0. The van der Waals surface area contributed by atoms with Gasteiger partial charge in [-0.25, -0.2) is 4.98 Å². The fourth-order valence-electron chi connectivity index (χ4n) is 2.99. The molecule has 0 radical (unpaired) electrons. The van der Waals surface area contributed by atoms with E-state index < -0.39 is 6.67 Å². The van der Waals surface area contributed by atoms with Crippen molar-refractivity contribution in [2.45, 2.75) is 13.0 Å². The van der Waals surface area contributed by atoms with Gasteiger partial charge in [-0.05, 0) is 24.3 Å². The summed E-state index contributed by atoms with van der Waals surface area (Å²) in [5, 5.41) is 0.572. The van der Waals surface area contributed by atoms with Gasteiger partial charge in [0.05, 0.1) is 23.3 Å².